The van der Waals surface area contributed by atoms with Crippen molar-refractivity contribution < 1.29 is 0 Å². The van der Waals surface area contributed by atoms with Crippen molar-refractivity contribution in [2.45, 2.75) is 26.2 Å². The third kappa shape index (κ3) is 1.57. The molecule has 1 aliphatic rings. The molecular weight excluding hydrogens is 108 g/mol. The third-order valence-electron chi connectivity index (χ3n) is 2.26. The van der Waals surface area contributed by atoms with Gasteiger partial charge < -0.3 is 0 Å². The Morgan fingerprint density at radius 2 is 2.11 bits per heavy atom. The molecule has 0 N–H and O–H groups in total. The molecule has 0 aromatic carbocycles. The van der Waals surface area contributed by atoms with E-state index in [2.05, 4.69) is 20.4 Å². The highest BCUT2D eigenvalue weighted by Crippen LogP contribution is 2.30. The van der Waals surface area contributed by atoms with Crippen molar-refractivity contribution in [3.63, 3.8) is 0 Å². The second kappa shape index (κ2) is 2.55. The third-order valence-corrected chi connectivity index (χ3v) is 2.26. The molecule has 0 aromatic heterocycles. The Morgan fingerprint density at radius 1 is 1.44 bits per heavy atom. The normalized spacial score (nSPS) is 36.9. The first-order chi connectivity index (χ1) is 4.20. The Balaban J connectivity index is 2.44. The Bertz CT molecular complexity index is 113. The second-order valence-corrected chi connectivity index (χ2v) is 3.21. The maximum absolute atomic E-state index is 4.02. The van der Waals surface area contributed by atoms with Crippen LogP contribution in [0.4, 0.5) is 0 Å². The molecule has 1 saturated carbocycles. The fourth-order valence-electron chi connectivity index (χ4n) is 1.36. The SMILES string of the molecule is [CH2]C1CCC(C)C(=C)C1. The van der Waals surface area contributed by atoms with E-state index in [0.29, 0.717) is 5.92 Å². The summed E-state index contributed by atoms with van der Waals surface area (Å²) in [7, 11) is 0. The summed E-state index contributed by atoms with van der Waals surface area (Å²) in [5.41, 5.74) is 1.40. The summed E-state index contributed by atoms with van der Waals surface area (Å²) in [5, 5.41) is 0. The fourth-order valence-corrected chi connectivity index (χ4v) is 1.36. The lowest BCUT2D eigenvalue weighted by molar-refractivity contribution is 0.415. The molecule has 2 atom stereocenters. The summed E-state index contributed by atoms with van der Waals surface area (Å²) in [6.45, 7) is 10.3. The molecule has 0 heterocycles. The van der Waals surface area contributed by atoms with Crippen LogP contribution in [0.5, 0.6) is 0 Å². The van der Waals surface area contributed by atoms with Gasteiger partial charge in [-0.05, 0) is 38.0 Å². The van der Waals surface area contributed by atoms with Crippen LogP contribution in [0.2, 0.25) is 0 Å². The van der Waals surface area contributed by atoms with Gasteiger partial charge in [0.05, 0.1) is 0 Å². The molecule has 2 unspecified atom stereocenters. The van der Waals surface area contributed by atoms with Crippen LogP contribution >= 0.6 is 0 Å². The van der Waals surface area contributed by atoms with Crippen LogP contribution in [0.15, 0.2) is 12.2 Å². The minimum absolute atomic E-state index is 0.647. The number of allylic oxidation sites excluding steroid dienone is 1. The van der Waals surface area contributed by atoms with Crippen molar-refractivity contribution in [2.75, 3.05) is 0 Å². The van der Waals surface area contributed by atoms with Gasteiger partial charge >= 0.3 is 0 Å². The van der Waals surface area contributed by atoms with Crippen molar-refractivity contribution in [2.24, 2.45) is 11.8 Å². The first-order valence-corrected chi connectivity index (χ1v) is 3.71. The van der Waals surface area contributed by atoms with E-state index < -0.39 is 0 Å². The number of hydrogen-bond donors (Lipinski definition) is 0. The maximum atomic E-state index is 4.02. The molecule has 9 heavy (non-hydrogen) atoms. The standard InChI is InChI=1S/C9H15/c1-7-4-5-8(2)9(3)6-7/h7-8H,1,3-6H2,2H3. The zero-order chi connectivity index (χ0) is 6.85. The van der Waals surface area contributed by atoms with Crippen molar-refractivity contribution >= 4 is 0 Å². The van der Waals surface area contributed by atoms with Crippen molar-refractivity contribution in [1.29, 1.82) is 0 Å². The van der Waals surface area contributed by atoms with E-state index in [1.165, 1.54) is 18.4 Å². The van der Waals surface area contributed by atoms with Crippen LogP contribution < -0.4 is 0 Å². The molecule has 51 valence electrons. The van der Waals surface area contributed by atoms with Crippen LogP contribution in [0.25, 0.3) is 0 Å². The van der Waals surface area contributed by atoms with E-state index in [1.807, 2.05) is 0 Å². The van der Waals surface area contributed by atoms with Gasteiger partial charge in [-0.25, -0.2) is 0 Å². The van der Waals surface area contributed by atoms with E-state index in [1.54, 1.807) is 0 Å². The van der Waals surface area contributed by atoms with Gasteiger partial charge in [-0.1, -0.05) is 19.1 Å². The molecule has 0 spiro atoms. The Labute approximate surface area is 58.0 Å². The molecule has 0 aliphatic heterocycles. The summed E-state index contributed by atoms with van der Waals surface area (Å²) in [5.74, 6) is 1.40. The van der Waals surface area contributed by atoms with Gasteiger partial charge in [0.15, 0.2) is 0 Å². The van der Waals surface area contributed by atoms with Crippen molar-refractivity contribution in [3.05, 3.63) is 19.1 Å². The van der Waals surface area contributed by atoms with Crippen LogP contribution in [0.3, 0.4) is 0 Å². The highest BCUT2D eigenvalue weighted by atomic mass is 14.2. The van der Waals surface area contributed by atoms with Gasteiger partial charge in [0.1, 0.15) is 0 Å². The van der Waals surface area contributed by atoms with Crippen LogP contribution in [-0.2, 0) is 0 Å². The molecule has 0 aromatic rings. The highest BCUT2D eigenvalue weighted by Gasteiger charge is 2.16. The molecular formula is C9H15. The predicted molar refractivity (Wildman–Crippen MR) is 41.0 cm³/mol. The Morgan fingerprint density at radius 3 is 2.56 bits per heavy atom. The first-order valence-electron chi connectivity index (χ1n) is 3.71. The van der Waals surface area contributed by atoms with E-state index in [-0.39, 0.29) is 0 Å². The average Bonchev–Trinajstić information content (AvgIpc) is 1.80. The minimum atomic E-state index is 0.647. The molecule has 0 nitrogen and oxygen atoms in total. The van der Waals surface area contributed by atoms with E-state index in [9.17, 15) is 0 Å². The minimum Gasteiger partial charge on any atom is -0.0996 e. The first kappa shape index (κ1) is 6.85. The monoisotopic (exact) mass is 123 g/mol. The van der Waals surface area contributed by atoms with Crippen LogP contribution in [-0.4, -0.2) is 0 Å². The molecule has 0 saturated heterocycles. The predicted octanol–water partition coefficient (Wildman–Crippen LogP) is 2.81. The Hall–Kier alpha value is -0.260. The van der Waals surface area contributed by atoms with Crippen LogP contribution in [0.1, 0.15) is 26.2 Å². The van der Waals surface area contributed by atoms with Gasteiger partial charge in [-0.15, -0.1) is 0 Å². The summed E-state index contributed by atoms with van der Waals surface area (Å²) >= 11 is 0. The molecule has 1 aliphatic carbocycles. The van der Waals surface area contributed by atoms with Crippen LogP contribution in [0, 0.1) is 18.8 Å². The summed E-state index contributed by atoms with van der Waals surface area (Å²) < 4.78 is 0. The zero-order valence-electron chi connectivity index (χ0n) is 6.19. The summed E-state index contributed by atoms with van der Waals surface area (Å²) in [6.07, 6.45) is 3.74. The quantitative estimate of drug-likeness (QED) is 0.434. The van der Waals surface area contributed by atoms with Crippen molar-refractivity contribution in [1.82, 2.24) is 0 Å². The second-order valence-electron chi connectivity index (χ2n) is 3.21. The summed E-state index contributed by atoms with van der Waals surface area (Å²) in [4.78, 5) is 0. The molecule has 0 bridgehead atoms. The topological polar surface area (TPSA) is 0 Å². The van der Waals surface area contributed by atoms with Gasteiger partial charge in [-0.3, -0.25) is 0 Å². The van der Waals surface area contributed by atoms with E-state index >= 15 is 0 Å². The fraction of sp³-hybridized carbons (Fsp3) is 0.667. The molecule has 0 amide bonds. The largest absolute Gasteiger partial charge is 0.0996 e. The van der Waals surface area contributed by atoms with Crippen molar-refractivity contribution in [3.8, 4) is 0 Å². The van der Waals surface area contributed by atoms with E-state index in [0.717, 1.165) is 12.3 Å². The van der Waals surface area contributed by atoms with E-state index in [4.69, 9.17) is 0 Å². The maximum Gasteiger partial charge on any atom is -0.0234 e. The van der Waals surface area contributed by atoms with Gasteiger partial charge in [0, 0.05) is 0 Å². The average molecular weight is 123 g/mol. The molecule has 1 rings (SSSR count). The molecule has 0 heteroatoms. The smallest absolute Gasteiger partial charge is 0.0234 e. The molecule has 1 fully saturated rings. The number of rotatable bonds is 0. The summed E-state index contributed by atoms with van der Waals surface area (Å²) in [6, 6.07) is 0. The van der Waals surface area contributed by atoms with Gasteiger partial charge in [-0.2, -0.15) is 0 Å². The highest BCUT2D eigenvalue weighted by molar-refractivity contribution is 5.04. The number of hydrogen-bond acceptors (Lipinski definition) is 0. The molecule has 1 radical (unpaired) electrons. The Kier molecular flexibility index (Phi) is 1.94. The van der Waals surface area contributed by atoms with Gasteiger partial charge in [0.25, 0.3) is 0 Å². The lowest BCUT2D eigenvalue weighted by atomic mass is 9.81. The van der Waals surface area contributed by atoms with Gasteiger partial charge in [0.2, 0.25) is 0 Å². The lowest BCUT2D eigenvalue weighted by Gasteiger charge is -2.25. The zero-order valence-corrected chi connectivity index (χ0v) is 6.19. The lowest BCUT2D eigenvalue weighted by Crippen LogP contribution is -2.11.